The van der Waals surface area contributed by atoms with E-state index in [9.17, 15) is 4.79 Å². The number of carbonyl (C=O) groups excluding carboxylic acids is 1. The van der Waals surface area contributed by atoms with Crippen molar-refractivity contribution < 1.29 is 4.79 Å². The molecule has 2 fully saturated rings. The monoisotopic (exact) mass is 253 g/mol. The molecular weight excluding hydrogens is 226 g/mol. The van der Waals surface area contributed by atoms with Gasteiger partial charge in [-0.25, -0.2) is 0 Å². The normalized spacial score (nSPS) is 31.6. The second-order valence-electron chi connectivity index (χ2n) is 6.19. The molecule has 0 aromatic heterocycles. The average Bonchev–Trinajstić information content (AvgIpc) is 2.35. The molecule has 0 radical (unpaired) electrons. The Bertz CT molecular complexity index is 287. The molecular formula is C14H27N3O. The number of amides is 1. The van der Waals surface area contributed by atoms with Crippen LogP contribution in [-0.2, 0) is 4.79 Å². The summed E-state index contributed by atoms with van der Waals surface area (Å²) >= 11 is 0. The van der Waals surface area contributed by atoms with Crippen LogP contribution in [0.1, 0.15) is 39.5 Å². The highest BCUT2D eigenvalue weighted by Gasteiger charge is 2.28. The average molecular weight is 253 g/mol. The first kappa shape index (κ1) is 13.8. The van der Waals surface area contributed by atoms with Crippen molar-refractivity contribution >= 4 is 5.91 Å². The zero-order valence-corrected chi connectivity index (χ0v) is 11.8. The van der Waals surface area contributed by atoms with Gasteiger partial charge in [-0.3, -0.25) is 9.69 Å². The van der Waals surface area contributed by atoms with Crippen LogP contribution < -0.4 is 5.73 Å². The number of nitrogens with zero attached hydrogens (tertiary/aromatic N) is 2. The molecule has 2 aliphatic rings. The number of hydrogen-bond acceptors (Lipinski definition) is 3. The van der Waals surface area contributed by atoms with Crippen LogP contribution >= 0.6 is 0 Å². The van der Waals surface area contributed by atoms with Gasteiger partial charge in [0.1, 0.15) is 0 Å². The summed E-state index contributed by atoms with van der Waals surface area (Å²) in [5, 5.41) is 0. The van der Waals surface area contributed by atoms with Gasteiger partial charge in [-0.05, 0) is 38.5 Å². The van der Waals surface area contributed by atoms with Gasteiger partial charge in [-0.15, -0.1) is 0 Å². The zero-order chi connectivity index (χ0) is 13.1. The highest BCUT2D eigenvalue weighted by atomic mass is 16.2. The van der Waals surface area contributed by atoms with Crippen LogP contribution in [0.5, 0.6) is 0 Å². The van der Waals surface area contributed by atoms with Crippen molar-refractivity contribution in [2.24, 2.45) is 11.7 Å². The Kier molecular flexibility index (Phi) is 4.62. The molecule has 2 unspecified atom stereocenters. The van der Waals surface area contributed by atoms with Gasteiger partial charge in [0, 0.05) is 31.7 Å². The highest BCUT2D eigenvalue weighted by Crippen LogP contribution is 2.21. The molecule has 2 rings (SSSR count). The highest BCUT2D eigenvalue weighted by molar-refractivity contribution is 5.78. The fourth-order valence-corrected chi connectivity index (χ4v) is 3.03. The minimum absolute atomic E-state index is 0.310. The van der Waals surface area contributed by atoms with Gasteiger partial charge in [0.15, 0.2) is 0 Å². The molecule has 0 spiro atoms. The second kappa shape index (κ2) is 6.02. The van der Waals surface area contributed by atoms with Crippen molar-refractivity contribution in [1.29, 1.82) is 0 Å². The number of rotatable bonds is 2. The lowest BCUT2D eigenvalue weighted by atomic mass is 9.95. The van der Waals surface area contributed by atoms with Gasteiger partial charge >= 0.3 is 0 Å². The lowest BCUT2D eigenvalue weighted by molar-refractivity contribution is -0.137. The van der Waals surface area contributed by atoms with E-state index in [2.05, 4.69) is 23.6 Å². The Morgan fingerprint density at radius 2 is 1.83 bits per heavy atom. The van der Waals surface area contributed by atoms with Gasteiger partial charge < -0.3 is 10.6 Å². The maximum Gasteiger partial charge on any atom is 0.236 e. The molecule has 1 amide bonds. The maximum absolute atomic E-state index is 12.4. The van der Waals surface area contributed by atoms with E-state index in [-0.39, 0.29) is 0 Å². The molecule has 104 valence electrons. The third-order valence-electron chi connectivity index (χ3n) is 4.43. The second-order valence-corrected chi connectivity index (χ2v) is 6.19. The van der Waals surface area contributed by atoms with E-state index in [0.29, 0.717) is 30.5 Å². The first-order valence-corrected chi connectivity index (χ1v) is 7.33. The van der Waals surface area contributed by atoms with Crippen molar-refractivity contribution in [2.45, 2.75) is 51.6 Å². The van der Waals surface area contributed by atoms with Crippen LogP contribution in [0, 0.1) is 5.92 Å². The fraction of sp³-hybridized carbons (Fsp3) is 0.929. The molecule has 0 bridgehead atoms. The van der Waals surface area contributed by atoms with Crippen LogP contribution in [-0.4, -0.2) is 54.0 Å². The summed E-state index contributed by atoms with van der Waals surface area (Å²) in [6, 6.07) is 0.756. The summed E-state index contributed by atoms with van der Waals surface area (Å²) in [6.45, 7) is 7.90. The lowest BCUT2D eigenvalue weighted by Gasteiger charge is -2.38. The summed E-state index contributed by atoms with van der Waals surface area (Å²) in [4.78, 5) is 16.7. The van der Waals surface area contributed by atoms with E-state index in [4.69, 9.17) is 5.73 Å². The van der Waals surface area contributed by atoms with E-state index in [1.807, 2.05) is 0 Å². The standard InChI is InChI=1S/C14H27N3O/c1-11-3-4-12(2)17(9-11)14(18)10-16-7-5-13(15)6-8-16/h11-13H,3-10,15H2,1-2H3. The molecule has 18 heavy (non-hydrogen) atoms. The Balaban J connectivity index is 1.83. The number of likely N-dealkylation sites (tertiary alicyclic amines) is 2. The van der Waals surface area contributed by atoms with Crippen molar-refractivity contribution in [3.63, 3.8) is 0 Å². The summed E-state index contributed by atoms with van der Waals surface area (Å²) in [5.74, 6) is 0.962. The summed E-state index contributed by atoms with van der Waals surface area (Å²) in [7, 11) is 0. The van der Waals surface area contributed by atoms with Crippen LogP contribution in [0.4, 0.5) is 0 Å². The molecule has 2 aliphatic heterocycles. The van der Waals surface area contributed by atoms with Gasteiger partial charge in [-0.2, -0.15) is 0 Å². The molecule has 2 saturated heterocycles. The van der Waals surface area contributed by atoms with Crippen LogP contribution in [0.15, 0.2) is 0 Å². The van der Waals surface area contributed by atoms with Crippen LogP contribution in [0.25, 0.3) is 0 Å². The summed E-state index contributed by atoms with van der Waals surface area (Å²) in [6.07, 6.45) is 4.46. The number of piperidine rings is 2. The zero-order valence-electron chi connectivity index (χ0n) is 11.8. The van der Waals surface area contributed by atoms with Crippen molar-refractivity contribution in [2.75, 3.05) is 26.2 Å². The minimum Gasteiger partial charge on any atom is -0.339 e. The molecule has 0 aromatic carbocycles. The molecule has 0 aromatic rings. The third kappa shape index (κ3) is 3.45. The van der Waals surface area contributed by atoms with Gasteiger partial charge in [0.25, 0.3) is 0 Å². The molecule has 2 N–H and O–H groups in total. The fourth-order valence-electron chi connectivity index (χ4n) is 3.03. The summed E-state index contributed by atoms with van der Waals surface area (Å²) in [5.41, 5.74) is 5.89. The van der Waals surface area contributed by atoms with Gasteiger partial charge in [0.05, 0.1) is 6.54 Å². The minimum atomic E-state index is 0.310. The van der Waals surface area contributed by atoms with E-state index < -0.39 is 0 Å². The first-order chi connectivity index (χ1) is 8.56. The number of carbonyl (C=O) groups is 1. The largest absolute Gasteiger partial charge is 0.339 e. The third-order valence-corrected chi connectivity index (χ3v) is 4.43. The molecule has 0 aliphatic carbocycles. The molecule has 2 atom stereocenters. The van der Waals surface area contributed by atoms with Gasteiger partial charge in [-0.1, -0.05) is 6.92 Å². The number of nitrogens with two attached hydrogens (primary N) is 1. The summed E-state index contributed by atoms with van der Waals surface area (Å²) < 4.78 is 0. The van der Waals surface area contributed by atoms with Crippen LogP contribution in [0.2, 0.25) is 0 Å². The van der Waals surface area contributed by atoms with E-state index in [0.717, 1.165) is 38.9 Å². The maximum atomic E-state index is 12.4. The predicted octanol–water partition coefficient (Wildman–Crippen LogP) is 1.06. The van der Waals surface area contributed by atoms with Gasteiger partial charge in [0.2, 0.25) is 5.91 Å². The Morgan fingerprint density at radius 1 is 1.17 bits per heavy atom. The molecule has 2 heterocycles. The Hall–Kier alpha value is -0.610. The van der Waals surface area contributed by atoms with Crippen LogP contribution in [0.3, 0.4) is 0 Å². The molecule has 0 saturated carbocycles. The first-order valence-electron chi connectivity index (χ1n) is 7.33. The SMILES string of the molecule is CC1CCC(C)N(C(=O)CN2CCC(N)CC2)C1. The number of hydrogen-bond donors (Lipinski definition) is 1. The van der Waals surface area contributed by atoms with E-state index in [1.54, 1.807) is 0 Å². The van der Waals surface area contributed by atoms with Crippen molar-refractivity contribution in [1.82, 2.24) is 9.80 Å². The lowest BCUT2D eigenvalue weighted by Crippen LogP contribution is -2.50. The predicted molar refractivity (Wildman–Crippen MR) is 73.2 cm³/mol. The van der Waals surface area contributed by atoms with Crippen molar-refractivity contribution in [3.8, 4) is 0 Å². The quantitative estimate of drug-likeness (QED) is 0.800. The molecule has 4 nitrogen and oxygen atoms in total. The topological polar surface area (TPSA) is 49.6 Å². The smallest absolute Gasteiger partial charge is 0.236 e. The molecule has 4 heteroatoms. The Morgan fingerprint density at radius 3 is 2.50 bits per heavy atom. The Labute approximate surface area is 110 Å². The van der Waals surface area contributed by atoms with E-state index >= 15 is 0 Å². The van der Waals surface area contributed by atoms with Crippen molar-refractivity contribution in [3.05, 3.63) is 0 Å². The van der Waals surface area contributed by atoms with E-state index in [1.165, 1.54) is 6.42 Å².